The summed E-state index contributed by atoms with van der Waals surface area (Å²) < 4.78 is 18.3. The van der Waals surface area contributed by atoms with Crippen molar-refractivity contribution in [2.24, 2.45) is 0 Å². The summed E-state index contributed by atoms with van der Waals surface area (Å²) in [5, 5.41) is 3.26. The number of rotatable bonds is 2. The zero-order valence-corrected chi connectivity index (χ0v) is 9.67. The van der Waals surface area contributed by atoms with Crippen LogP contribution in [0.2, 0.25) is 0 Å². The molecule has 16 heavy (non-hydrogen) atoms. The number of aromatic nitrogens is 1. The Kier molecular flexibility index (Phi) is 2.68. The number of hydrogen-bond acceptors (Lipinski definition) is 3. The van der Waals surface area contributed by atoms with E-state index in [1.165, 1.54) is 12.1 Å². The maximum absolute atomic E-state index is 12.9. The molecule has 0 radical (unpaired) electrons. The average Bonchev–Trinajstić information content (AvgIpc) is 2.55. The minimum atomic E-state index is -0.306. The van der Waals surface area contributed by atoms with Crippen molar-refractivity contribution in [2.75, 3.05) is 0 Å². The van der Waals surface area contributed by atoms with Gasteiger partial charge in [-0.2, -0.15) is 0 Å². The van der Waals surface area contributed by atoms with Crippen LogP contribution in [0.15, 0.2) is 22.6 Å². The molecule has 4 heteroatoms. The first-order valence-electron chi connectivity index (χ1n) is 5.24. The number of benzene rings is 1. The van der Waals surface area contributed by atoms with Crippen molar-refractivity contribution in [3.8, 4) is 0 Å². The van der Waals surface area contributed by atoms with Crippen LogP contribution in [0.3, 0.4) is 0 Å². The predicted molar refractivity (Wildman–Crippen MR) is 60.6 cm³/mol. The van der Waals surface area contributed by atoms with Crippen LogP contribution in [0.5, 0.6) is 0 Å². The second-order valence-electron chi connectivity index (χ2n) is 4.82. The summed E-state index contributed by atoms with van der Waals surface area (Å²) in [4.78, 5) is 4.26. The standard InChI is InChI=1S/C12H15FN2O/c1-12(2,3)14-7-11-15-9-5-4-8(13)6-10(9)16-11/h4-6,14H,7H2,1-3H3. The van der Waals surface area contributed by atoms with Gasteiger partial charge >= 0.3 is 0 Å². The summed E-state index contributed by atoms with van der Waals surface area (Å²) >= 11 is 0. The van der Waals surface area contributed by atoms with E-state index in [0.29, 0.717) is 23.5 Å². The lowest BCUT2D eigenvalue weighted by Crippen LogP contribution is -2.35. The van der Waals surface area contributed by atoms with Crippen LogP contribution in [0.1, 0.15) is 26.7 Å². The molecule has 0 aliphatic heterocycles. The Morgan fingerprint density at radius 2 is 2.12 bits per heavy atom. The smallest absolute Gasteiger partial charge is 0.209 e. The van der Waals surface area contributed by atoms with Gasteiger partial charge in [0.1, 0.15) is 11.3 Å². The van der Waals surface area contributed by atoms with Crippen molar-refractivity contribution in [3.05, 3.63) is 29.9 Å². The van der Waals surface area contributed by atoms with E-state index in [9.17, 15) is 4.39 Å². The van der Waals surface area contributed by atoms with Crippen LogP contribution in [-0.2, 0) is 6.54 Å². The molecule has 2 aromatic rings. The summed E-state index contributed by atoms with van der Waals surface area (Å²) in [7, 11) is 0. The highest BCUT2D eigenvalue weighted by Gasteiger charge is 2.12. The molecule has 0 bridgehead atoms. The summed E-state index contributed by atoms with van der Waals surface area (Å²) in [6, 6.07) is 4.35. The minimum Gasteiger partial charge on any atom is -0.439 e. The van der Waals surface area contributed by atoms with Crippen LogP contribution >= 0.6 is 0 Å². The first kappa shape index (κ1) is 11.1. The van der Waals surface area contributed by atoms with Crippen molar-refractivity contribution >= 4 is 11.1 Å². The van der Waals surface area contributed by atoms with Crippen molar-refractivity contribution < 1.29 is 8.81 Å². The number of fused-ring (bicyclic) bond motifs is 1. The molecule has 0 saturated heterocycles. The largest absolute Gasteiger partial charge is 0.439 e. The van der Waals surface area contributed by atoms with Crippen molar-refractivity contribution in [1.29, 1.82) is 0 Å². The zero-order chi connectivity index (χ0) is 11.8. The lowest BCUT2D eigenvalue weighted by molar-refractivity contribution is 0.388. The molecular weight excluding hydrogens is 207 g/mol. The van der Waals surface area contributed by atoms with Gasteiger partial charge in [0.15, 0.2) is 5.58 Å². The number of oxazole rings is 1. The Labute approximate surface area is 93.7 Å². The van der Waals surface area contributed by atoms with Crippen LogP contribution in [0.4, 0.5) is 4.39 Å². The topological polar surface area (TPSA) is 38.1 Å². The summed E-state index contributed by atoms with van der Waals surface area (Å²) in [6.07, 6.45) is 0. The normalized spacial score (nSPS) is 12.2. The van der Waals surface area contributed by atoms with E-state index in [-0.39, 0.29) is 11.4 Å². The van der Waals surface area contributed by atoms with Gasteiger partial charge in [-0.15, -0.1) is 0 Å². The molecule has 1 heterocycles. The average molecular weight is 222 g/mol. The SMILES string of the molecule is CC(C)(C)NCc1nc2ccc(F)cc2o1. The van der Waals surface area contributed by atoms with Crippen LogP contribution < -0.4 is 5.32 Å². The van der Waals surface area contributed by atoms with Crippen LogP contribution in [0.25, 0.3) is 11.1 Å². The van der Waals surface area contributed by atoms with Gasteiger partial charge in [0, 0.05) is 11.6 Å². The molecule has 0 unspecified atom stereocenters. The van der Waals surface area contributed by atoms with Crippen LogP contribution in [-0.4, -0.2) is 10.5 Å². The molecule has 1 aromatic heterocycles. The Morgan fingerprint density at radius 1 is 1.38 bits per heavy atom. The fraction of sp³-hybridized carbons (Fsp3) is 0.417. The van der Waals surface area contributed by atoms with E-state index < -0.39 is 0 Å². The van der Waals surface area contributed by atoms with E-state index in [1.807, 2.05) is 0 Å². The molecule has 0 aliphatic rings. The molecule has 0 amide bonds. The number of nitrogens with one attached hydrogen (secondary N) is 1. The molecule has 1 N–H and O–H groups in total. The zero-order valence-electron chi connectivity index (χ0n) is 9.67. The van der Waals surface area contributed by atoms with Gasteiger partial charge < -0.3 is 9.73 Å². The van der Waals surface area contributed by atoms with Gasteiger partial charge in [-0.05, 0) is 32.9 Å². The van der Waals surface area contributed by atoms with E-state index in [0.717, 1.165) is 0 Å². The van der Waals surface area contributed by atoms with E-state index in [2.05, 4.69) is 31.1 Å². The highest BCUT2D eigenvalue weighted by molar-refractivity contribution is 5.72. The first-order chi connectivity index (χ1) is 7.44. The Morgan fingerprint density at radius 3 is 2.81 bits per heavy atom. The van der Waals surface area contributed by atoms with Gasteiger partial charge in [-0.1, -0.05) is 0 Å². The maximum atomic E-state index is 12.9. The quantitative estimate of drug-likeness (QED) is 0.849. The Hall–Kier alpha value is -1.42. The molecule has 1 aromatic carbocycles. The first-order valence-corrected chi connectivity index (χ1v) is 5.24. The van der Waals surface area contributed by atoms with Gasteiger partial charge in [0.25, 0.3) is 0 Å². The van der Waals surface area contributed by atoms with Gasteiger partial charge in [0.2, 0.25) is 5.89 Å². The third kappa shape index (κ3) is 2.58. The number of nitrogens with zero attached hydrogens (tertiary/aromatic N) is 1. The molecular formula is C12H15FN2O. The minimum absolute atomic E-state index is 0.00586. The molecule has 0 atom stereocenters. The van der Waals surface area contributed by atoms with E-state index in [1.54, 1.807) is 6.07 Å². The van der Waals surface area contributed by atoms with Gasteiger partial charge in [-0.3, -0.25) is 0 Å². The predicted octanol–water partition coefficient (Wildman–Crippen LogP) is 2.86. The molecule has 0 aliphatic carbocycles. The highest BCUT2D eigenvalue weighted by atomic mass is 19.1. The Bertz CT molecular complexity index is 499. The molecule has 86 valence electrons. The summed E-state index contributed by atoms with van der Waals surface area (Å²) in [5.74, 6) is 0.273. The summed E-state index contributed by atoms with van der Waals surface area (Å²) in [6.45, 7) is 6.74. The van der Waals surface area contributed by atoms with Crippen LogP contribution in [0, 0.1) is 5.82 Å². The number of hydrogen-bond donors (Lipinski definition) is 1. The Balaban J connectivity index is 2.20. The molecule has 0 saturated carbocycles. The monoisotopic (exact) mass is 222 g/mol. The van der Waals surface area contributed by atoms with E-state index >= 15 is 0 Å². The molecule has 0 fully saturated rings. The maximum Gasteiger partial charge on any atom is 0.209 e. The molecule has 3 nitrogen and oxygen atoms in total. The summed E-state index contributed by atoms with van der Waals surface area (Å²) in [5.41, 5.74) is 1.18. The fourth-order valence-corrected chi connectivity index (χ4v) is 1.36. The second kappa shape index (κ2) is 3.87. The van der Waals surface area contributed by atoms with E-state index in [4.69, 9.17) is 4.42 Å². The number of halogens is 1. The highest BCUT2D eigenvalue weighted by Crippen LogP contribution is 2.16. The molecule has 0 spiro atoms. The third-order valence-electron chi connectivity index (χ3n) is 2.16. The van der Waals surface area contributed by atoms with Gasteiger partial charge in [-0.25, -0.2) is 9.37 Å². The van der Waals surface area contributed by atoms with Gasteiger partial charge in [0.05, 0.1) is 6.54 Å². The van der Waals surface area contributed by atoms with Crippen molar-refractivity contribution in [1.82, 2.24) is 10.3 Å². The van der Waals surface area contributed by atoms with Crippen molar-refractivity contribution in [3.63, 3.8) is 0 Å². The lowest BCUT2D eigenvalue weighted by Gasteiger charge is -2.18. The fourth-order valence-electron chi connectivity index (χ4n) is 1.36. The lowest BCUT2D eigenvalue weighted by atomic mass is 10.1. The third-order valence-corrected chi connectivity index (χ3v) is 2.16. The second-order valence-corrected chi connectivity index (χ2v) is 4.82. The molecule has 2 rings (SSSR count). The van der Waals surface area contributed by atoms with Crippen molar-refractivity contribution in [2.45, 2.75) is 32.9 Å².